The van der Waals surface area contributed by atoms with E-state index in [9.17, 15) is 9.59 Å². The molecule has 1 aliphatic rings. The fourth-order valence-electron chi connectivity index (χ4n) is 3.82. The standard InChI is InChI=1S/C24H26N2O5/c1-15-12-21(28)30-23-17-4-8-24(2,3)31-18(17)13-19(22(15)23)29-14-20(27)26-11-7-16-5-9-25-10-6-16/h5-6,9-10,12-13H,4,7-8,11,14H2,1-3H3,(H,26,27). The molecule has 0 spiro atoms. The zero-order chi connectivity index (χ0) is 22.0. The summed E-state index contributed by atoms with van der Waals surface area (Å²) in [5.41, 5.74) is 2.44. The fourth-order valence-corrected chi connectivity index (χ4v) is 3.82. The third-order valence-corrected chi connectivity index (χ3v) is 5.45. The zero-order valence-electron chi connectivity index (χ0n) is 18.0. The molecule has 31 heavy (non-hydrogen) atoms. The van der Waals surface area contributed by atoms with Crippen molar-refractivity contribution in [2.24, 2.45) is 0 Å². The van der Waals surface area contributed by atoms with Crippen LogP contribution in [0.2, 0.25) is 0 Å². The molecule has 0 bridgehead atoms. The molecule has 3 aromatic rings. The van der Waals surface area contributed by atoms with Crippen LogP contribution >= 0.6 is 0 Å². The minimum absolute atomic E-state index is 0.147. The summed E-state index contributed by atoms with van der Waals surface area (Å²) in [6, 6.07) is 7.07. The van der Waals surface area contributed by atoms with Gasteiger partial charge >= 0.3 is 5.63 Å². The van der Waals surface area contributed by atoms with E-state index in [-0.39, 0.29) is 18.1 Å². The first-order valence-electron chi connectivity index (χ1n) is 10.4. The third kappa shape index (κ3) is 4.71. The molecular formula is C24H26N2O5. The molecule has 1 aromatic carbocycles. The molecule has 1 amide bonds. The number of aryl methyl sites for hydroxylation is 2. The van der Waals surface area contributed by atoms with Gasteiger partial charge in [0.1, 0.15) is 22.7 Å². The van der Waals surface area contributed by atoms with Gasteiger partial charge < -0.3 is 19.2 Å². The van der Waals surface area contributed by atoms with Crippen LogP contribution in [0.15, 0.2) is 45.9 Å². The van der Waals surface area contributed by atoms with Gasteiger partial charge in [-0.3, -0.25) is 9.78 Å². The van der Waals surface area contributed by atoms with E-state index in [1.54, 1.807) is 18.5 Å². The molecule has 0 fully saturated rings. The Bertz CT molecular complexity index is 1170. The zero-order valence-corrected chi connectivity index (χ0v) is 18.0. The second-order valence-electron chi connectivity index (χ2n) is 8.41. The van der Waals surface area contributed by atoms with E-state index in [1.165, 1.54) is 6.07 Å². The minimum Gasteiger partial charge on any atom is -0.487 e. The molecule has 0 aliphatic carbocycles. The summed E-state index contributed by atoms with van der Waals surface area (Å²) in [7, 11) is 0. The van der Waals surface area contributed by atoms with Crippen LogP contribution in [0.3, 0.4) is 0 Å². The van der Waals surface area contributed by atoms with Crippen LogP contribution in [0, 0.1) is 6.92 Å². The monoisotopic (exact) mass is 422 g/mol. The molecule has 7 nitrogen and oxygen atoms in total. The van der Waals surface area contributed by atoms with Crippen molar-refractivity contribution in [3.63, 3.8) is 0 Å². The number of amides is 1. The van der Waals surface area contributed by atoms with Gasteiger partial charge in [0, 0.05) is 36.6 Å². The molecule has 162 valence electrons. The van der Waals surface area contributed by atoms with Crippen molar-refractivity contribution in [1.29, 1.82) is 0 Å². The maximum absolute atomic E-state index is 12.3. The van der Waals surface area contributed by atoms with Crippen LogP contribution in [0.5, 0.6) is 11.5 Å². The Morgan fingerprint density at radius 2 is 2.03 bits per heavy atom. The molecule has 0 saturated carbocycles. The van der Waals surface area contributed by atoms with Crippen molar-refractivity contribution in [2.75, 3.05) is 13.2 Å². The molecule has 0 radical (unpaired) electrons. The van der Waals surface area contributed by atoms with E-state index in [0.717, 1.165) is 29.5 Å². The topological polar surface area (TPSA) is 90.7 Å². The number of carbonyl (C=O) groups is 1. The second-order valence-corrected chi connectivity index (χ2v) is 8.41. The van der Waals surface area contributed by atoms with Gasteiger partial charge in [0.2, 0.25) is 0 Å². The van der Waals surface area contributed by atoms with Crippen molar-refractivity contribution in [2.45, 2.75) is 45.6 Å². The predicted molar refractivity (Wildman–Crippen MR) is 117 cm³/mol. The highest BCUT2D eigenvalue weighted by Crippen LogP contribution is 2.42. The highest BCUT2D eigenvalue weighted by Gasteiger charge is 2.30. The van der Waals surface area contributed by atoms with Crippen molar-refractivity contribution >= 4 is 16.9 Å². The lowest BCUT2D eigenvalue weighted by Crippen LogP contribution is -2.33. The van der Waals surface area contributed by atoms with E-state index in [1.807, 2.05) is 32.9 Å². The van der Waals surface area contributed by atoms with Crippen molar-refractivity contribution in [1.82, 2.24) is 10.3 Å². The lowest BCUT2D eigenvalue weighted by atomic mass is 9.92. The van der Waals surface area contributed by atoms with Crippen LogP contribution in [-0.4, -0.2) is 29.6 Å². The number of hydrogen-bond acceptors (Lipinski definition) is 6. The fraction of sp³-hybridized carbons (Fsp3) is 0.375. The molecular weight excluding hydrogens is 396 g/mol. The SMILES string of the molecule is Cc1cc(=O)oc2c3c(cc(OCC(=O)NCCc4ccncc4)c12)OC(C)(C)CC3. The molecule has 1 aliphatic heterocycles. The molecule has 0 unspecified atom stereocenters. The predicted octanol–water partition coefficient (Wildman–Crippen LogP) is 3.34. The number of hydrogen-bond donors (Lipinski definition) is 1. The number of ether oxygens (including phenoxy) is 2. The van der Waals surface area contributed by atoms with E-state index >= 15 is 0 Å². The first kappa shape index (κ1) is 20.9. The van der Waals surface area contributed by atoms with E-state index in [4.69, 9.17) is 13.9 Å². The van der Waals surface area contributed by atoms with Crippen LogP contribution in [0.25, 0.3) is 11.0 Å². The number of nitrogens with one attached hydrogen (secondary N) is 1. The quantitative estimate of drug-likeness (QED) is 0.613. The average Bonchev–Trinajstić information content (AvgIpc) is 2.71. The maximum Gasteiger partial charge on any atom is 0.336 e. The van der Waals surface area contributed by atoms with Crippen LogP contribution < -0.4 is 20.4 Å². The molecule has 0 saturated heterocycles. The van der Waals surface area contributed by atoms with Gasteiger partial charge in [-0.15, -0.1) is 0 Å². The number of carbonyl (C=O) groups excluding carboxylic acids is 1. The Hall–Kier alpha value is -3.35. The minimum atomic E-state index is -0.414. The van der Waals surface area contributed by atoms with E-state index < -0.39 is 5.63 Å². The number of fused-ring (bicyclic) bond motifs is 3. The Kier molecular flexibility index (Phi) is 5.67. The molecule has 2 aromatic heterocycles. The Morgan fingerprint density at radius 3 is 2.81 bits per heavy atom. The lowest BCUT2D eigenvalue weighted by Gasteiger charge is -2.33. The van der Waals surface area contributed by atoms with Crippen molar-refractivity contribution in [3.8, 4) is 11.5 Å². The summed E-state index contributed by atoms with van der Waals surface area (Å²) in [6.07, 6.45) is 5.72. The maximum atomic E-state index is 12.3. The van der Waals surface area contributed by atoms with Gasteiger partial charge in [-0.25, -0.2) is 4.79 Å². The van der Waals surface area contributed by atoms with Gasteiger partial charge in [-0.05, 0) is 63.3 Å². The molecule has 4 rings (SSSR count). The average molecular weight is 422 g/mol. The van der Waals surface area contributed by atoms with Gasteiger partial charge in [0.25, 0.3) is 5.91 Å². The summed E-state index contributed by atoms with van der Waals surface area (Å²) < 4.78 is 17.5. The Morgan fingerprint density at radius 1 is 1.26 bits per heavy atom. The van der Waals surface area contributed by atoms with Crippen LogP contribution in [-0.2, 0) is 17.6 Å². The number of pyridine rings is 1. The van der Waals surface area contributed by atoms with Gasteiger partial charge in [0.05, 0.1) is 5.39 Å². The number of rotatable bonds is 6. The second kappa shape index (κ2) is 8.41. The lowest BCUT2D eigenvalue weighted by molar-refractivity contribution is -0.123. The Balaban J connectivity index is 1.53. The summed E-state index contributed by atoms with van der Waals surface area (Å²) in [6.45, 7) is 6.22. The third-order valence-electron chi connectivity index (χ3n) is 5.45. The molecule has 7 heteroatoms. The van der Waals surface area contributed by atoms with Gasteiger partial charge in [0.15, 0.2) is 6.61 Å². The highest BCUT2D eigenvalue weighted by molar-refractivity contribution is 5.91. The number of aromatic nitrogens is 1. The van der Waals surface area contributed by atoms with Crippen molar-refractivity contribution < 1.29 is 18.7 Å². The first-order chi connectivity index (χ1) is 14.8. The Labute approximate surface area is 180 Å². The molecule has 0 atom stereocenters. The van der Waals surface area contributed by atoms with Crippen LogP contribution in [0.1, 0.15) is 37.0 Å². The molecule has 3 heterocycles. The largest absolute Gasteiger partial charge is 0.487 e. The van der Waals surface area contributed by atoms with Gasteiger partial charge in [-0.2, -0.15) is 0 Å². The summed E-state index contributed by atoms with van der Waals surface area (Å²) in [5, 5.41) is 3.56. The highest BCUT2D eigenvalue weighted by atomic mass is 16.5. The number of nitrogens with zero attached hydrogens (tertiary/aromatic N) is 1. The smallest absolute Gasteiger partial charge is 0.336 e. The molecule has 1 N–H and O–H groups in total. The normalized spacial score (nSPS) is 14.5. The summed E-state index contributed by atoms with van der Waals surface area (Å²) >= 11 is 0. The first-order valence-corrected chi connectivity index (χ1v) is 10.4. The summed E-state index contributed by atoms with van der Waals surface area (Å²) in [5.74, 6) is 0.874. The van der Waals surface area contributed by atoms with Crippen molar-refractivity contribution in [3.05, 3.63) is 63.8 Å². The van der Waals surface area contributed by atoms with Crippen LogP contribution in [0.4, 0.5) is 0 Å². The van der Waals surface area contributed by atoms with E-state index in [0.29, 0.717) is 35.4 Å². The van der Waals surface area contributed by atoms with Gasteiger partial charge in [-0.1, -0.05) is 0 Å². The number of benzene rings is 1. The van der Waals surface area contributed by atoms with E-state index in [2.05, 4.69) is 10.3 Å². The summed E-state index contributed by atoms with van der Waals surface area (Å²) in [4.78, 5) is 28.3.